The summed E-state index contributed by atoms with van der Waals surface area (Å²) < 4.78 is 34.3. The fourth-order valence-electron chi connectivity index (χ4n) is 3.42. The van der Waals surface area contributed by atoms with Crippen LogP contribution in [0, 0.1) is 10.1 Å². The van der Waals surface area contributed by atoms with Crippen LogP contribution in [0.4, 0.5) is 5.69 Å². The van der Waals surface area contributed by atoms with Crippen LogP contribution >= 0.6 is 0 Å². The second-order valence-corrected chi connectivity index (χ2v) is 8.45. The summed E-state index contributed by atoms with van der Waals surface area (Å²) in [6, 6.07) is 22.6. The van der Waals surface area contributed by atoms with Crippen LogP contribution in [0.15, 0.2) is 89.8 Å². The first-order valence-corrected chi connectivity index (χ1v) is 10.4. The fraction of sp³-hybridized carbons (Fsp3) is 0.143. The SMILES string of the molecule is O=[N+]([O-])c1ccc(C2COC(c3ccccc3)N2S(=O)(=O)c2ccccc2)cc1. The zero-order chi connectivity index (χ0) is 20.4. The van der Waals surface area contributed by atoms with Gasteiger partial charge in [-0.2, -0.15) is 4.31 Å². The van der Waals surface area contributed by atoms with Gasteiger partial charge in [-0.25, -0.2) is 8.42 Å². The van der Waals surface area contributed by atoms with E-state index in [1.807, 2.05) is 30.3 Å². The highest BCUT2D eigenvalue weighted by molar-refractivity contribution is 7.89. The normalized spacial score (nSPS) is 19.9. The molecule has 0 N–H and O–H groups in total. The molecule has 3 aromatic rings. The first-order chi connectivity index (χ1) is 14.0. The predicted octanol–water partition coefficient (Wildman–Crippen LogP) is 4.06. The van der Waals surface area contributed by atoms with Crippen molar-refractivity contribution in [2.75, 3.05) is 6.61 Å². The third-order valence-corrected chi connectivity index (χ3v) is 6.71. The summed E-state index contributed by atoms with van der Waals surface area (Å²) in [6.07, 6.45) is -0.790. The lowest BCUT2D eigenvalue weighted by molar-refractivity contribution is -0.384. The Morgan fingerprint density at radius 3 is 2.03 bits per heavy atom. The van der Waals surface area contributed by atoms with Gasteiger partial charge in [-0.3, -0.25) is 10.1 Å². The fourth-order valence-corrected chi connectivity index (χ4v) is 5.12. The summed E-state index contributed by atoms with van der Waals surface area (Å²) >= 11 is 0. The Morgan fingerprint density at radius 1 is 0.862 bits per heavy atom. The molecule has 1 saturated heterocycles. The molecule has 0 saturated carbocycles. The number of nitrogens with zero attached hydrogens (tertiary/aromatic N) is 2. The first-order valence-electron chi connectivity index (χ1n) is 8.98. The van der Waals surface area contributed by atoms with E-state index < -0.39 is 27.2 Å². The molecule has 0 amide bonds. The van der Waals surface area contributed by atoms with Gasteiger partial charge in [0.1, 0.15) is 0 Å². The Bertz CT molecular complexity index is 1100. The Morgan fingerprint density at radius 2 is 1.45 bits per heavy atom. The van der Waals surface area contributed by atoms with Crippen molar-refractivity contribution >= 4 is 15.7 Å². The molecule has 1 fully saturated rings. The molecule has 0 aliphatic carbocycles. The Labute approximate surface area is 168 Å². The van der Waals surface area contributed by atoms with Crippen LogP contribution < -0.4 is 0 Å². The van der Waals surface area contributed by atoms with Crippen molar-refractivity contribution in [3.63, 3.8) is 0 Å². The number of benzene rings is 3. The van der Waals surface area contributed by atoms with Crippen molar-refractivity contribution < 1.29 is 18.1 Å². The van der Waals surface area contributed by atoms with E-state index in [0.717, 1.165) is 5.56 Å². The van der Waals surface area contributed by atoms with Gasteiger partial charge < -0.3 is 4.74 Å². The van der Waals surface area contributed by atoms with Gasteiger partial charge in [0.15, 0.2) is 6.23 Å². The van der Waals surface area contributed by atoms with E-state index in [9.17, 15) is 18.5 Å². The van der Waals surface area contributed by atoms with Crippen LogP contribution in [0.5, 0.6) is 0 Å². The Balaban J connectivity index is 1.79. The number of sulfonamides is 1. The summed E-state index contributed by atoms with van der Waals surface area (Å²) in [4.78, 5) is 10.6. The van der Waals surface area contributed by atoms with Gasteiger partial charge in [0.2, 0.25) is 10.0 Å². The van der Waals surface area contributed by atoms with Crippen LogP contribution in [0.25, 0.3) is 0 Å². The molecule has 4 rings (SSSR count). The zero-order valence-corrected chi connectivity index (χ0v) is 16.1. The maximum atomic E-state index is 13.5. The minimum Gasteiger partial charge on any atom is -0.356 e. The van der Waals surface area contributed by atoms with E-state index in [4.69, 9.17) is 4.74 Å². The van der Waals surface area contributed by atoms with Gasteiger partial charge in [0.05, 0.1) is 22.5 Å². The van der Waals surface area contributed by atoms with E-state index in [2.05, 4.69) is 0 Å². The molecule has 2 unspecified atom stereocenters. The van der Waals surface area contributed by atoms with E-state index >= 15 is 0 Å². The third kappa shape index (κ3) is 3.65. The van der Waals surface area contributed by atoms with Crippen molar-refractivity contribution in [1.29, 1.82) is 0 Å². The molecule has 0 radical (unpaired) electrons. The van der Waals surface area contributed by atoms with Crippen molar-refractivity contribution in [1.82, 2.24) is 4.31 Å². The zero-order valence-electron chi connectivity index (χ0n) is 15.3. The topological polar surface area (TPSA) is 89.8 Å². The molecule has 0 aromatic heterocycles. The number of rotatable bonds is 5. The molecule has 1 aliphatic rings. The number of nitro benzene ring substituents is 1. The summed E-state index contributed by atoms with van der Waals surface area (Å²) in [6.45, 7) is 0.142. The highest BCUT2D eigenvalue weighted by Crippen LogP contribution is 2.43. The van der Waals surface area contributed by atoms with Crippen LogP contribution in [0.3, 0.4) is 0 Å². The van der Waals surface area contributed by atoms with E-state index in [1.165, 1.54) is 16.4 Å². The van der Waals surface area contributed by atoms with Crippen LogP contribution in [-0.2, 0) is 14.8 Å². The summed E-state index contributed by atoms with van der Waals surface area (Å²) in [5.41, 5.74) is 1.30. The summed E-state index contributed by atoms with van der Waals surface area (Å²) in [7, 11) is -3.89. The average Bonchev–Trinajstić information content (AvgIpc) is 3.21. The predicted molar refractivity (Wildman–Crippen MR) is 106 cm³/mol. The molecular weight excluding hydrogens is 392 g/mol. The molecule has 8 heteroatoms. The van der Waals surface area contributed by atoms with Gasteiger partial charge in [0, 0.05) is 12.1 Å². The second kappa shape index (κ2) is 7.75. The van der Waals surface area contributed by atoms with Gasteiger partial charge in [0.25, 0.3) is 5.69 Å². The monoisotopic (exact) mass is 410 g/mol. The second-order valence-electron chi connectivity index (χ2n) is 6.61. The Kier molecular flexibility index (Phi) is 5.14. The molecule has 1 aliphatic heterocycles. The number of hydrogen-bond donors (Lipinski definition) is 0. The van der Waals surface area contributed by atoms with Crippen molar-refractivity contribution in [3.05, 3.63) is 106 Å². The summed E-state index contributed by atoms with van der Waals surface area (Å²) in [5.74, 6) is 0. The molecule has 0 bridgehead atoms. The highest BCUT2D eigenvalue weighted by atomic mass is 32.2. The number of nitro groups is 1. The average molecular weight is 410 g/mol. The van der Waals surface area contributed by atoms with Gasteiger partial charge in [-0.1, -0.05) is 60.7 Å². The summed E-state index contributed by atoms with van der Waals surface area (Å²) in [5, 5.41) is 11.0. The number of non-ortho nitro benzene ring substituents is 1. The Hall–Kier alpha value is -3.07. The van der Waals surface area contributed by atoms with Gasteiger partial charge >= 0.3 is 0 Å². The maximum absolute atomic E-state index is 13.5. The molecule has 29 heavy (non-hydrogen) atoms. The maximum Gasteiger partial charge on any atom is 0.269 e. The minimum atomic E-state index is -3.89. The molecule has 0 spiro atoms. The number of hydrogen-bond acceptors (Lipinski definition) is 5. The third-order valence-electron chi connectivity index (χ3n) is 4.84. The largest absolute Gasteiger partial charge is 0.356 e. The molecule has 7 nitrogen and oxygen atoms in total. The molecule has 2 atom stereocenters. The smallest absolute Gasteiger partial charge is 0.269 e. The lowest BCUT2D eigenvalue weighted by Crippen LogP contribution is -2.33. The van der Waals surface area contributed by atoms with E-state index in [0.29, 0.717) is 5.56 Å². The lowest BCUT2D eigenvalue weighted by Gasteiger charge is -2.28. The standard InChI is InChI=1S/C21H18N2O5S/c24-23(25)18-13-11-16(12-14-18)20-15-28-21(17-7-3-1-4-8-17)22(20)29(26,27)19-9-5-2-6-10-19/h1-14,20-21H,15H2. The van der Waals surface area contributed by atoms with E-state index in [-0.39, 0.29) is 17.2 Å². The lowest BCUT2D eigenvalue weighted by atomic mass is 10.1. The van der Waals surface area contributed by atoms with Crippen LogP contribution in [0.2, 0.25) is 0 Å². The quantitative estimate of drug-likeness (QED) is 0.467. The molecule has 3 aromatic carbocycles. The number of ether oxygens (including phenoxy) is 1. The van der Waals surface area contributed by atoms with Crippen molar-refractivity contribution in [2.45, 2.75) is 17.2 Å². The van der Waals surface area contributed by atoms with E-state index in [1.54, 1.807) is 42.5 Å². The highest BCUT2D eigenvalue weighted by Gasteiger charge is 2.44. The van der Waals surface area contributed by atoms with Crippen molar-refractivity contribution in [3.8, 4) is 0 Å². The molecule has 1 heterocycles. The van der Waals surface area contributed by atoms with Gasteiger partial charge in [-0.15, -0.1) is 0 Å². The molecule has 148 valence electrons. The van der Waals surface area contributed by atoms with Crippen LogP contribution in [-0.4, -0.2) is 24.3 Å². The minimum absolute atomic E-state index is 0.0512. The van der Waals surface area contributed by atoms with Crippen LogP contribution in [0.1, 0.15) is 23.4 Å². The van der Waals surface area contributed by atoms with Gasteiger partial charge in [-0.05, 0) is 23.3 Å². The first kappa shape index (κ1) is 19.3. The van der Waals surface area contributed by atoms with Crippen molar-refractivity contribution in [2.24, 2.45) is 0 Å². The molecular formula is C21H18N2O5S.